The zero-order valence-corrected chi connectivity index (χ0v) is 13.4. The smallest absolute Gasteiger partial charge is 0.142 e. The highest BCUT2D eigenvalue weighted by Gasteiger charge is 2.41. The SMILES string of the molecule is CCC(CC)N(CCOC)CC1CCC(C)(C)C1=O. The Bertz CT molecular complexity index is 284. The number of hydrogen-bond donors (Lipinski definition) is 0. The first-order valence-electron chi connectivity index (χ1n) is 7.73. The van der Waals surface area contributed by atoms with Crippen LogP contribution < -0.4 is 0 Å². The van der Waals surface area contributed by atoms with Crippen molar-refractivity contribution in [2.24, 2.45) is 11.3 Å². The predicted molar refractivity (Wildman–Crippen MR) is 79.3 cm³/mol. The van der Waals surface area contributed by atoms with Crippen LogP contribution in [-0.2, 0) is 9.53 Å². The Labute approximate surface area is 118 Å². The van der Waals surface area contributed by atoms with Gasteiger partial charge in [0.05, 0.1) is 6.61 Å². The monoisotopic (exact) mass is 269 g/mol. The van der Waals surface area contributed by atoms with Crippen LogP contribution in [0.2, 0.25) is 0 Å². The van der Waals surface area contributed by atoms with E-state index < -0.39 is 0 Å². The molecule has 0 aromatic rings. The molecule has 0 aromatic carbocycles. The Morgan fingerprint density at radius 3 is 2.42 bits per heavy atom. The number of hydrogen-bond acceptors (Lipinski definition) is 3. The van der Waals surface area contributed by atoms with Gasteiger partial charge in [-0.05, 0) is 25.7 Å². The Morgan fingerprint density at radius 2 is 2.00 bits per heavy atom. The van der Waals surface area contributed by atoms with Crippen LogP contribution >= 0.6 is 0 Å². The third kappa shape index (κ3) is 4.28. The first kappa shape index (κ1) is 16.6. The van der Waals surface area contributed by atoms with Gasteiger partial charge < -0.3 is 4.74 Å². The molecule has 19 heavy (non-hydrogen) atoms. The van der Waals surface area contributed by atoms with Crippen LogP contribution in [0.1, 0.15) is 53.4 Å². The van der Waals surface area contributed by atoms with Gasteiger partial charge >= 0.3 is 0 Å². The molecular weight excluding hydrogens is 238 g/mol. The van der Waals surface area contributed by atoms with E-state index in [0.29, 0.717) is 11.8 Å². The molecule has 0 spiro atoms. The minimum Gasteiger partial charge on any atom is -0.383 e. The zero-order chi connectivity index (χ0) is 14.5. The topological polar surface area (TPSA) is 29.5 Å². The molecule has 1 aliphatic rings. The molecule has 1 saturated carbocycles. The van der Waals surface area contributed by atoms with E-state index in [2.05, 4.69) is 32.6 Å². The molecule has 0 heterocycles. The van der Waals surface area contributed by atoms with E-state index in [-0.39, 0.29) is 11.3 Å². The molecular formula is C16H31NO2. The highest BCUT2D eigenvalue weighted by Crippen LogP contribution is 2.38. The molecule has 0 aliphatic heterocycles. The van der Waals surface area contributed by atoms with Gasteiger partial charge in [0.25, 0.3) is 0 Å². The van der Waals surface area contributed by atoms with Gasteiger partial charge in [0.1, 0.15) is 5.78 Å². The highest BCUT2D eigenvalue weighted by molar-refractivity contribution is 5.88. The second-order valence-electron chi connectivity index (χ2n) is 6.44. The summed E-state index contributed by atoms with van der Waals surface area (Å²) in [6.07, 6.45) is 4.38. The molecule has 1 fully saturated rings. The van der Waals surface area contributed by atoms with Crippen molar-refractivity contribution < 1.29 is 9.53 Å². The summed E-state index contributed by atoms with van der Waals surface area (Å²) in [5.41, 5.74) is -0.106. The summed E-state index contributed by atoms with van der Waals surface area (Å²) in [5, 5.41) is 0. The summed E-state index contributed by atoms with van der Waals surface area (Å²) in [7, 11) is 1.74. The quantitative estimate of drug-likeness (QED) is 0.678. The number of nitrogens with zero attached hydrogens (tertiary/aromatic N) is 1. The fourth-order valence-electron chi connectivity index (χ4n) is 3.24. The third-order valence-corrected chi connectivity index (χ3v) is 4.65. The van der Waals surface area contributed by atoms with Crippen molar-refractivity contribution >= 4 is 5.78 Å². The average molecular weight is 269 g/mol. The molecule has 1 aliphatic carbocycles. The molecule has 112 valence electrons. The minimum absolute atomic E-state index is 0.106. The van der Waals surface area contributed by atoms with Crippen LogP contribution in [0.25, 0.3) is 0 Å². The van der Waals surface area contributed by atoms with E-state index in [0.717, 1.165) is 45.4 Å². The molecule has 0 saturated heterocycles. The van der Waals surface area contributed by atoms with Crippen molar-refractivity contribution in [2.45, 2.75) is 59.4 Å². The van der Waals surface area contributed by atoms with E-state index in [1.807, 2.05) is 0 Å². The van der Waals surface area contributed by atoms with Crippen LogP contribution in [0.3, 0.4) is 0 Å². The van der Waals surface area contributed by atoms with Crippen molar-refractivity contribution in [3.8, 4) is 0 Å². The van der Waals surface area contributed by atoms with Crippen molar-refractivity contribution in [3.63, 3.8) is 0 Å². The van der Waals surface area contributed by atoms with E-state index in [4.69, 9.17) is 4.74 Å². The van der Waals surface area contributed by atoms with Crippen molar-refractivity contribution in [3.05, 3.63) is 0 Å². The van der Waals surface area contributed by atoms with Gasteiger partial charge in [-0.3, -0.25) is 9.69 Å². The van der Waals surface area contributed by atoms with Gasteiger partial charge in [-0.25, -0.2) is 0 Å². The van der Waals surface area contributed by atoms with E-state index in [1.54, 1.807) is 7.11 Å². The molecule has 0 aromatic heterocycles. The number of Topliss-reactive ketones (excluding diaryl/α,β-unsaturated/α-hetero) is 1. The fraction of sp³-hybridized carbons (Fsp3) is 0.938. The number of rotatable bonds is 8. The molecule has 3 nitrogen and oxygen atoms in total. The minimum atomic E-state index is -0.106. The molecule has 1 rings (SSSR count). The fourth-order valence-corrected chi connectivity index (χ4v) is 3.24. The van der Waals surface area contributed by atoms with Crippen LogP contribution in [0.4, 0.5) is 0 Å². The Balaban J connectivity index is 2.64. The number of methoxy groups -OCH3 is 1. The number of carbonyl (C=O) groups excluding carboxylic acids is 1. The van der Waals surface area contributed by atoms with Gasteiger partial charge in [0, 0.05) is 37.6 Å². The van der Waals surface area contributed by atoms with Crippen molar-refractivity contribution in [2.75, 3.05) is 26.8 Å². The summed E-state index contributed by atoms with van der Waals surface area (Å²) in [5.74, 6) is 0.688. The summed E-state index contributed by atoms with van der Waals surface area (Å²) in [4.78, 5) is 14.8. The average Bonchev–Trinajstić information content (AvgIpc) is 2.64. The first-order chi connectivity index (χ1) is 8.96. The zero-order valence-electron chi connectivity index (χ0n) is 13.4. The van der Waals surface area contributed by atoms with Crippen LogP contribution in [0, 0.1) is 11.3 Å². The van der Waals surface area contributed by atoms with Gasteiger partial charge in [-0.1, -0.05) is 27.7 Å². The van der Waals surface area contributed by atoms with Crippen LogP contribution in [0.15, 0.2) is 0 Å². The Hall–Kier alpha value is -0.410. The normalized spacial score (nSPS) is 22.7. The predicted octanol–water partition coefficient (Wildman–Crippen LogP) is 3.13. The number of ketones is 1. The summed E-state index contributed by atoms with van der Waals surface area (Å²) >= 11 is 0. The molecule has 0 N–H and O–H groups in total. The van der Waals surface area contributed by atoms with Crippen LogP contribution in [-0.4, -0.2) is 43.5 Å². The standard InChI is InChI=1S/C16H31NO2/c1-6-14(7-2)17(10-11-19-5)12-13-8-9-16(3,4)15(13)18/h13-14H,6-12H2,1-5H3. The van der Waals surface area contributed by atoms with E-state index in [1.165, 1.54) is 0 Å². The van der Waals surface area contributed by atoms with Crippen molar-refractivity contribution in [1.82, 2.24) is 4.90 Å². The molecule has 0 amide bonds. The lowest BCUT2D eigenvalue weighted by molar-refractivity contribution is -0.128. The molecule has 0 radical (unpaired) electrons. The largest absolute Gasteiger partial charge is 0.383 e. The Kier molecular flexibility index (Phi) is 6.48. The van der Waals surface area contributed by atoms with Gasteiger partial charge in [0.2, 0.25) is 0 Å². The summed E-state index contributed by atoms with van der Waals surface area (Å²) in [6, 6.07) is 0.576. The maximum absolute atomic E-state index is 12.4. The van der Waals surface area contributed by atoms with Gasteiger partial charge in [-0.15, -0.1) is 0 Å². The Morgan fingerprint density at radius 1 is 1.37 bits per heavy atom. The summed E-state index contributed by atoms with van der Waals surface area (Å²) < 4.78 is 5.22. The lowest BCUT2D eigenvalue weighted by atomic mass is 9.89. The number of ether oxygens (including phenoxy) is 1. The highest BCUT2D eigenvalue weighted by atomic mass is 16.5. The van der Waals surface area contributed by atoms with Gasteiger partial charge in [0.15, 0.2) is 0 Å². The second kappa shape index (κ2) is 7.39. The lowest BCUT2D eigenvalue weighted by Crippen LogP contribution is -2.42. The number of carbonyl (C=O) groups is 1. The maximum Gasteiger partial charge on any atom is 0.142 e. The van der Waals surface area contributed by atoms with E-state index in [9.17, 15) is 4.79 Å². The van der Waals surface area contributed by atoms with Gasteiger partial charge in [-0.2, -0.15) is 0 Å². The summed E-state index contributed by atoms with van der Waals surface area (Å²) in [6.45, 7) is 11.2. The van der Waals surface area contributed by atoms with Crippen LogP contribution in [0.5, 0.6) is 0 Å². The maximum atomic E-state index is 12.4. The van der Waals surface area contributed by atoms with E-state index >= 15 is 0 Å². The lowest BCUT2D eigenvalue weighted by Gasteiger charge is -2.32. The third-order valence-electron chi connectivity index (χ3n) is 4.65. The van der Waals surface area contributed by atoms with Crippen molar-refractivity contribution in [1.29, 1.82) is 0 Å². The second-order valence-corrected chi connectivity index (χ2v) is 6.44. The molecule has 3 heteroatoms. The molecule has 0 bridgehead atoms. The first-order valence-corrected chi connectivity index (χ1v) is 7.73. The molecule has 1 atom stereocenters. The molecule has 1 unspecified atom stereocenters.